The van der Waals surface area contributed by atoms with Crippen LogP contribution in [0.15, 0.2) is 24.3 Å². The standard InChI is InChI=1S/C16H25NOS/c1-19-10-4-7-15(18)16(12-17)9-8-13-5-2-3-6-14(13)11-16/h2-3,5-6,15,18H,4,7-12,17H2,1H3. The quantitative estimate of drug-likeness (QED) is 0.787. The molecule has 3 N–H and O–H groups in total. The lowest BCUT2D eigenvalue weighted by molar-refractivity contribution is 0.0131. The fourth-order valence-electron chi connectivity index (χ4n) is 3.15. The lowest BCUT2D eigenvalue weighted by Crippen LogP contribution is -2.46. The maximum atomic E-state index is 10.6. The molecule has 0 aromatic heterocycles. The topological polar surface area (TPSA) is 46.2 Å². The zero-order valence-electron chi connectivity index (χ0n) is 11.8. The van der Waals surface area contributed by atoms with Gasteiger partial charge in [-0.2, -0.15) is 11.8 Å². The van der Waals surface area contributed by atoms with Gasteiger partial charge >= 0.3 is 0 Å². The molecule has 2 unspecified atom stereocenters. The van der Waals surface area contributed by atoms with Crippen LogP contribution >= 0.6 is 11.8 Å². The van der Waals surface area contributed by atoms with Gasteiger partial charge in [-0.3, -0.25) is 0 Å². The van der Waals surface area contributed by atoms with Crippen molar-refractivity contribution in [3.8, 4) is 0 Å². The highest BCUT2D eigenvalue weighted by Gasteiger charge is 2.39. The van der Waals surface area contributed by atoms with Gasteiger partial charge in [-0.05, 0) is 55.2 Å². The molecule has 106 valence electrons. The van der Waals surface area contributed by atoms with Gasteiger partial charge in [0, 0.05) is 12.0 Å². The first kappa shape index (κ1) is 14.9. The Balaban J connectivity index is 2.08. The second-order valence-corrected chi connectivity index (χ2v) is 6.65. The van der Waals surface area contributed by atoms with Crippen LogP contribution in [0.4, 0.5) is 0 Å². The van der Waals surface area contributed by atoms with Crippen molar-refractivity contribution < 1.29 is 5.11 Å². The van der Waals surface area contributed by atoms with Crippen molar-refractivity contribution in [3.05, 3.63) is 35.4 Å². The summed E-state index contributed by atoms with van der Waals surface area (Å²) in [5, 5.41) is 10.6. The summed E-state index contributed by atoms with van der Waals surface area (Å²) in [5.41, 5.74) is 8.74. The number of aryl methyl sites for hydroxylation is 1. The molecule has 19 heavy (non-hydrogen) atoms. The van der Waals surface area contributed by atoms with E-state index in [2.05, 4.69) is 30.5 Å². The average molecular weight is 279 g/mol. The van der Waals surface area contributed by atoms with Crippen LogP contribution in [-0.2, 0) is 12.8 Å². The van der Waals surface area contributed by atoms with Crippen molar-refractivity contribution in [2.45, 2.75) is 38.2 Å². The number of rotatable bonds is 6. The van der Waals surface area contributed by atoms with E-state index >= 15 is 0 Å². The number of aliphatic hydroxyl groups is 1. The summed E-state index contributed by atoms with van der Waals surface area (Å²) < 4.78 is 0. The molecule has 3 heteroatoms. The second-order valence-electron chi connectivity index (χ2n) is 5.66. The molecule has 0 bridgehead atoms. The number of hydrogen-bond donors (Lipinski definition) is 2. The zero-order chi connectivity index (χ0) is 13.7. The van der Waals surface area contributed by atoms with E-state index in [0.717, 1.165) is 37.9 Å². The molecule has 1 aromatic rings. The van der Waals surface area contributed by atoms with Crippen molar-refractivity contribution in [2.75, 3.05) is 18.6 Å². The van der Waals surface area contributed by atoms with Gasteiger partial charge in [0.25, 0.3) is 0 Å². The third-order valence-electron chi connectivity index (χ3n) is 4.49. The van der Waals surface area contributed by atoms with E-state index in [-0.39, 0.29) is 11.5 Å². The van der Waals surface area contributed by atoms with Crippen LogP contribution in [0.3, 0.4) is 0 Å². The van der Waals surface area contributed by atoms with Gasteiger partial charge in [0.15, 0.2) is 0 Å². The normalized spacial score (nSPS) is 23.9. The molecule has 0 fully saturated rings. The van der Waals surface area contributed by atoms with E-state index in [1.54, 1.807) is 0 Å². The van der Waals surface area contributed by atoms with Crippen molar-refractivity contribution in [1.82, 2.24) is 0 Å². The van der Waals surface area contributed by atoms with Gasteiger partial charge in [0.05, 0.1) is 6.10 Å². The molecule has 1 aliphatic rings. The first-order valence-corrected chi connectivity index (χ1v) is 8.55. The Hall–Kier alpha value is -0.510. The minimum atomic E-state index is -0.266. The second kappa shape index (κ2) is 6.78. The van der Waals surface area contributed by atoms with Crippen molar-refractivity contribution in [3.63, 3.8) is 0 Å². The molecule has 0 aliphatic heterocycles. The number of thioether (sulfide) groups is 1. The highest BCUT2D eigenvalue weighted by molar-refractivity contribution is 7.98. The number of hydrogen-bond acceptors (Lipinski definition) is 3. The lowest BCUT2D eigenvalue weighted by Gasteiger charge is -2.41. The van der Waals surface area contributed by atoms with E-state index in [1.807, 2.05) is 11.8 Å². The van der Waals surface area contributed by atoms with E-state index in [0.29, 0.717) is 6.54 Å². The monoisotopic (exact) mass is 279 g/mol. The Kier molecular flexibility index (Phi) is 5.31. The van der Waals surface area contributed by atoms with Crippen LogP contribution in [0.2, 0.25) is 0 Å². The van der Waals surface area contributed by atoms with E-state index in [4.69, 9.17) is 5.73 Å². The Morgan fingerprint density at radius 1 is 1.37 bits per heavy atom. The molecular formula is C16H25NOS. The molecule has 2 rings (SSSR count). The van der Waals surface area contributed by atoms with E-state index < -0.39 is 0 Å². The third-order valence-corrected chi connectivity index (χ3v) is 5.19. The number of benzene rings is 1. The van der Waals surface area contributed by atoms with Crippen molar-refractivity contribution >= 4 is 11.8 Å². The van der Waals surface area contributed by atoms with Gasteiger partial charge < -0.3 is 10.8 Å². The fourth-order valence-corrected chi connectivity index (χ4v) is 3.60. The summed E-state index contributed by atoms with van der Waals surface area (Å²) in [4.78, 5) is 0. The molecule has 1 aliphatic carbocycles. The number of aliphatic hydroxyl groups excluding tert-OH is 1. The number of nitrogens with two attached hydrogens (primary N) is 1. The third kappa shape index (κ3) is 3.33. The Morgan fingerprint density at radius 3 is 2.79 bits per heavy atom. The van der Waals surface area contributed by atoms with Gasteiger partial charge in [0.1, 0.15) is 0 Å². The molecule has 0 saturated heterocycles. The van der Waals surface area contributed by atoms with Gasteiger partial charge in [0.2, 0.25) is 0 Å². The Morgan fingerprint density at radius 2 is 2.11 bits per heavy atom. The first-order chi connectivity index (χ1) is 9.22. The smallest absolute Gasteiger partial charge is 0.0612 e. The Bertz CT molecular complexity index is 409. The summed E-state index contributed by atoms with van der Waals surface area (Å²) in [6, 6.07) is 8.58. The fraction of sp³-hybridized carbons (Fsp3) is 0.625. The summed E-state index contributed by atoms with van der Waals surface area (Å²) >= 11 is 1.84. The molecule has 1 aromatic carbocycles. The minimum Gasteiger partial charge on any atom is -0.392 e. The van der Waals surface area contributed by atoms with E-state index in [1.165, 1.54) is 11.1 Å². The SMILES string of the molecule is CSCCCC(O)C1(CN)CCc2ccccc2C1. The minimum absolute atomic E-state index is 0.104. The van der Waals surface area contributed by atoms with Crippen LogP contribution < -0.4 is 5.73 Å². The molecule has 0 spiro atoms. The molecule has 2 atom stereocenters. The molecule has 2 nitrogen and oxygen atoms in total. The average Bonchev–Trinajstić information content (AvgIpc) is 2.46. The Labute approximate surface area is 120 Å². The van der Waals surface area contributed by atoms with Gasteiger partial charge in [-0.15, -0.1) is 0 Å². The van der Waals surface area contributed by atoms with Crippen LogP contribution in [0.25, 0.3) is 0 Å². The predicted octanol–water partition coefficient (Wildman–Crippen LogP) is 2.62. The molecule has 0 amide bonds. The zero-order valence-corrected chi connectivity index (χ0v) is 12.6. The van der Waals surface area contributed by atoms with Crippen LogP contribution in [0.1, 0.15) is 30.4 Å². The summed E-state index contributed by atoms with van der Waals surface area (Å²) in [6.07, 6.45) is 6.79. The van der Waals surface area contributed by atoms with Crippen molar-refractivity contribution in [1.29, 1.82) is 0 Å². The van der Waals surface area contributed by atoms with Crippen LogP contribution in [0, 0.1) is 5.41 Å². The van der Waals surface area contributed by atoms with Gasteiger partial charge in [-0.1, -0.05) is 24.3 Å². The maximum absolute atomic E-state index is 10.6. The van der Waals surface area contributed by atoms with Crippen LogP contribution in [-0.4, -0.2) is 29.8 Å². The van der Waals surface area contributed by atoms with Crippen molar-refractivity contribution in [2.24, 2.45) is 11.1 Å². The molecule has 0 radical (unpaired) electrons. The first-order valence-electron chi connectivity index (χ1n) is 7.16. The van der Waals surface area contributed by atoms with Crippen LogP contribution in [0.5, 0.6) is 0 Å². The highest BCUT2D eigenvalue weighted by atomic mass is 32.2. The summed E-state index contributed by atoms with van der Waals surface area (Å²) in [7, 11) is 0. The maximum Gasteiger partial charge on any atom is 0.0612 e. The number of fused-ring (bicyclic) bond motifs is 1. The lowest BCUT2D eigenvalue weighted by atomic mass is 9.67. The van der Waals surface area contributed by atoms with Gasteiger partial charge in [-0.25, -0.2) is 0 Å². The summed E-state index contributed by atoms with van der Waals surface area (Å²) in [5.74, 6) is 1.12. The molecular weight excluding hydrogens is 254 g/mol. The highest BCUT2D eigenvalue weighted by Crippen LogP contribution is 2.39. The molecule has 0 saturated carbocycles. The predicted molar refractivity (Wildman–Crippen MR) is 83.6 cm³/mol. The molecule has 0 heterocycles. The largest absolute Gasteiger partial charge is 0.392 e. The summed E-state index contributed by atoms with van der Waals surface area (Å²) in [6.45, 7) is 0.585. The van der Waals surface area contributed by atoms with E-state index in [9.17, 15) is 5.11 Å².